The van der Waals surface area contributed by atoms with E-state index < -0.39 is 17.9 Å². The van der Waals surface area contributed by atoms with E-state index in [-0.39, 0.29) is 11.9 Å². The molecule has 29 heavy (non-hydrogen) atoms. The molecular weight excluding hydrogens is 412 g/mol. The Balaban J connectivity index is 1.40. The van der Waals surface area contributed by atoms with Crippen molar-refractivity contribution in [3.63, 3.8) is 0 Å². The van der Waals surface area contributed by atoms with Crippen LogP contribution in [0.15, 0.2) is 17.5 Å². The molecule has 9 nitrogen and oxygen atoms in total. The fourth-order valence-electron chi connectivity index (χ4n) is 3.37. The average molecular weight is 435 g/mol. The molecule has 0 spiro atoms. The van der Waals surface area contributed by atoms with E-state index >= 15 is 0 Å². The van der Waals surface area contributed by atoms with Gasteiger partial charge in [0.15, 0.2) is 10.6 Å². The maximum absolute atomic E-state index is 13.1. The molecule has 11 heteroatoms. The zero-order chi connectivity index (χ0) is 20.5. The van der Waals surface area contributed by atoms with Crippen LogP contribution in [0.4, 0.5) is 0 Å². The Labute approximate surface area is 176 Å². The molecule has 2 fully saturated rings. The summed E-state index contributed by atoms with van der Waals surface area (Å²) in [6.07, 6.45) is 1.87. The molecule has 2 aromatic rings. The van der Waals surface area contributed by atoms with Crippen molar-refractivity contribution in [1.29, 1.82) is 0 Å². The van der Waals surface area contributed by atoms with Gasteiger partial charge in [0.25, 0.3) is 0 Å². The van der Waals surface area contributed by atoms with Crippen LogP contribution in [-0.4, -0.2) is 74.5 Å². The van der Waals surface area contributed by atoms with Crippen molar-refractivity contribution >= 4 is 41.3 Å². The van der Waals surface area contributed by atoms with Gasteiger partial charge in [-0.1, -0.05) is 6.07 Å². The second-order valence-electron chi connectivity index (χ2n) is 7.24. The molecule has 1 aliphatic carbocycles. The number of hydrogen-bond donors (Lipinski definition) is 2. The van der Waals surface area contributed by atoms with Crippen LogP contribution in [0.1, 0.15) is 25.8 Å². The number of aromatic amines is 1. The summed E-state index contributed by atoms with van der Waals surface area (Å²) >= 11 is 6.87. The van der Waals surface area contributed by atoms with E-state index in [1.165, 1.54) is 16.2 Å². The van der Waals surface area contributed by atoms with Gasteiger partial charge in [-0.15, -0.1) is 11.3 Å². The van der Waals surface area contributed by atoms with Crippen LogP contribution in [0, 0.1) is 4.77 Å². The number of piperazine rings is 1. The first-order valence-corrected chi connectivity index (χ1v) is 10.8. The number of hydrogen-bond acceptors (Lipinski definition) is 6. The number of aromatic nitrogens is 3. The average Bonchev–Trinajstić information content (AvgIpc) is 3.22. The van der Waals surface area contributed by atoms with Crippen molar-refractivity contribution in [3.05, 3.63) is 22.3 Å². The first-order valence-electron chi connectivity index (χ1n) is 9.55. The van der Waals surface area contributed by atoms with E-state index in [0.29, 0.717) is 36.8 Å². The number of carbonyl (C=O) groups is 3. The number of carbonyl (C=O) groups excluding carboxylic acids is 3. The Kier molecular flexibility index (Phi) is 5.50. The highest BCUT2D eigenvalue weighted by Crippen LogP contribution is 2.26. The van der Waals surface area contributed by atoms with Crippen molar-refractivity contribution in [2.75, 3.05) is 26.2 Å². The van der Waals surface area contributed by atoms with Gasteiger partial charge in [0, 0.05) is 32.2 Å². The summed E-state index contributed by atoms with van der Waals surface area (Å²) < 4.78 is 2.12. The largest absolute Gasteiger partial charge is 0.345 e. The van der Waals surface area contributed by atoms with E-state index in [4.69, 9.17) is 12.2 Å². The van der Waals surface area contributed by atoms with Crippen LogP contribution in [0.2, 0.25) is 0 Å². The second-order valence-corrected chi connectivity index (χ2v) is 8.58. The molecule has 2 aromatic heterocycles. The standard InChI is InChI=1S/C18H22N6O3S2/c1-11(24-14(20-21-18(24)28)13-3-2-10-29-13)16(26)22-6-8-23(9-7-22)17(27)15(25)19-12-4-5-12/h2-3,10-12H,4-9H2,1H3,(H,19,25)(H,21,28). The Bertz CT molecular complexity index is 970. The number of amides is 3. The van der Waals surface area contributed by atoms with Gasteiger partial charge in [0.05, 0.1) is 4.88 Å². The SMILES string of the molecule is CC(C(=O)N1CCN(C(=O)C(=O)NC2CC2)CC1)n1c(-c2cccs2)n[nH]c1=S. The molecule has 4 rings (SSSR count). The first kappa shape index (κ1) is 19.8. The molecule has 2 aliphatic rings. The second kappa shape index (κ2) is 8.07. The van der Waals surface area contributed by atoms with Crippen LogP contribution in [0.25, 0.3) is 10.7 Å². The lowest BCUT2D eigenvalue weighted by molar-refractivity contribution is -0.148. The predicted octanol–water partition coefficient (Wildman–Crippen LogP) is 1.18. The fraction of sp³-hybridized carbons (Fsp3) is 0.500. The van der Waals surface area contributed by atoms with E-state index in [2.05, 4.69) is 15.5 Å². The number of nitrogens with one attached hydrogen (secondary N) is 2. The summed E-state index contributed by atoms with van der Waals surface area (Å²) in [6, 6.07) is 3.47. The lowest BCUT2D eigenvalue weighted by atomic mass is 10.2. The topological polar surface area (TPSA) is 103 Å². The quantitative estimate of drug-likeness (QED) is 0.556. The molecule has 0 bridgehead atoms. The van der Waals surface area contributed by atoms with Gasteiger partial charge in [0.2, 0.25) is 5.91 Å². The van der Waals surface area contributed by atoms with Crippen molar-refractivity contribution in [2.24, 2.45) is 0 Å². The fourth-order valence-corrected chi connectivity index (χ4v) is 4.37. The minimum Gasteiger partial charge on any atom is -0.345 e. The maximum atomic E-state index is 13.1. The van der Waals surface area contributed by atoms with Crippen molar-refractivity contribution in [3.8, 4) is 10.7 Å². The predicted molar refractivity (Wildman–Crippen MR) is 110 cm³/mol. The zero-order valence-electron chi connectivity index (χ0n) is 16.0. The van der Waals surface area contributed by atoms with Crippen LogP contribution in [0.5, 0.6) is 0 Å². The molecule has 0 radical (unpaired) electrons. The minimum atomic E-state index is -0.550. The summed E-state index contributed by atoms with van der Waals surface area (Å²) in [5, 5.41) is 11.7. The van der Waals surface area contributed by atoms with E-state index in [1.807, 2.05) is 17.5 Å². The molecule has 3 amide bonds. The number of nitrogens with zero attached hydrogens (tertiary/aromatic N) is 4. The molecule has 1 saturated carbocycles. The van der Waals surface area contributed by atoms with E-state index in [0.717, 1.165) is 17.7 Å². The van der Waals surface area contributed by atoms with Crippen LogP contribution < -0.4 is 5.32 Å². The zero-order valence-corrected chi connectivity index (χ0v) is 17.6. The van der Waals surface area contributed by atoms with Gasteiger partial charge in [-0.05, 0) is 43.4 Å². The maximum Gasteiger partial charge on any atom is 0.312 e. The van der Waals surface area contributed by atoms with Gasteiger partial charge >= 0.3 is 11.8 Å². The molecule has 1 unspecified atom stereocenters. The summed E-state index contributed by atoms with van der Waals surface area (Å²) in [4.78, 5) is 41.4. The Morgan fingerprint density at radius 2 is 1.93 bits per heavy atom. The van der Waals surface area contributed by atoms with Gasteiger partial charge in [-0.25, -0.2) is 0 Å². The Hall–Kier alpha value is -2.53. The van der Waals surface area contributed by atoms with Crippen molar-refractivity contribution in [1.82, 2.24) is 29.9 Å². The molecular formula is C18H22N6O3S2. The lowest BCUT2D eigenvalue weighted by Gasteiger charge is -2.35. The smallest absolute Gasteiger partial charge is 0.312 e. The van der Waals surface area contributed by atoms with Gasteiger partial charge in [-0.2, -0.15) is 5.10 Å². The lowest BCUT2D eigenvalue weighted by Crippen LogP contribution is -2.54. The molecule has 154 valence electrons. The summed E-state index contributed by atoms with van der Waals surface area (Å²) in [5.74, 6) is -0.522. The molecule has 2 N–H and O–H groups in total. The molecule has 0 aromatic carbocycles. The molecule has 1 atom stereocenters. The minimum absolute atomic E-state index is 0.0881. The third-order valence-electron chi connectivity index (χ3n) is 5.18. The number of thiophene rings is 1. The van der Waals surface area contributed by atoms with Gasteiger partial charge in [0.1, 0.15) is 6.04 Å². The third kappa shape index (κ3) is 4.10. The normalized spacial score (nSPS) is 17.8. The molecule has 1 aliphatic heterocycles. The summed E-state index contributed by atoms with van der Waals surface area (Å²) in [5.41, 5.74) is 0. The summed E-state index contributed by atoms with van der Waals surface area (Å²) in [7, 11) is 0. The van der Waals surface area contributed by atoms with Gasteiger partial charge in [-0.3, -0.25) is 24.0 Å². The third-order valence-corrected chi connectivity index (χ3v) is 6.33. The Morgan fingerprint density at radius 1 is 1.24 bits per heavy atom. The van der Waals surface area contributed by atoms with Crippen LogP contribution in [-0.2, 0) is 14.4 Å². The highest BCUT2D eigenvalue weighted by atomic mass is 32.1. The van der Waals surface area contributed by atoms with E-state index in [1.54, 1.807) is 16.4 Å². The molecule has 1 saturated heterocycles. The van der Waals surface area contributed by atoms with Crippen molar-refractivity contribution in [2.45, 2.75) is 31.8 Å². The highest BCUT2D eigenvalue weighted by Gasteiger charge is 2.33. The Morgan fingerprint density at radius 3 is 2.55 bits per heavy atom. The number of H-pyrrole nitrogens is 1. The first-order chi connectivity index (χ1) is 14.0. The van der Waals surface area contributed by atoms with Gasteiger partial charge < -0.3 is 15.1 Å². The summed E-state index contributed by atoms with van der Waals surface area (Å²) in [6.45, 7) is 3.23. The highest BCUT2D eigenvalue weighted by molar-refractivity contribution is 7.71. The van der Waals surface area contributed by atoms with Crippen LogP contribution in [0.3, 0.4) is 0 Å². The molecule has 3 heterocycles. The monoisotopic (exact) mass is 434 g/mol. The number of rotatable bonds is 4. The van der Waals surface area contributed by atoms with Crippen LogP contribution >= 0.6 is 23.6 Å². The van der Waals surface area contributed by atoms with E-state index in [9.17, 15) is 14.4 Å². The van der Waals surface area contributed by atoms with Crippen molar-refractivity contribution < 1.29 is 14.4 Å².